The molecule has 2 aromatic rings. The standard InChI is InChI=1S/C16H15BrClNO2S/c1-21-15-6-5-13(8-14(15)18)19-16(20)10-22-9-11-3-2-4-12(17)7-11/h2-8H,9-10H2,1H3,(H,19,20). The number of hydrogen-bond donors (Lipinski definition) is 1. The molecule has 0 atom stereocenters. The number of carbonyl (C=O) groups is 1. The second-order valence-corrected chi connectivity index (χ2v) is 6.83. The van der Waals surface area contributed by atoms with Gasteiger partial charge in [-0.2, -0.15) is 0 Å². The number of halogens is 2. The number of rotatable bonds is 6. The molecule has 116 valence electrons. The van der Waals surface area contributed by atoms with Gasteiger partial charge < -0.3 is 10.1 Å². The van der Waals surface area contributed by atoms with Gasteiger partial charge in [-0.15, -0.1) is 11.8 Å². The maximum Gasteiger partial charge on any atom is 0.234 e. The zero-order valence-electron chi connectivity index (χ0n) is 11.9. The number of ether oxygens (including phenoxy) is 1. The lowest BCUT2D eigenvalue weighted by Gasteiger charge is -2.08. The molecular weight excluding hydrogens is 386 g/mol. The summed E-state index contributed by atoms with van der Waals surface area (Å²) in [7, 11) is 1.55. The van der Waals surface area contributed by atoms with Crippen LogP contribution in [-0.4, -0.2) is 18.8 Å². The second kappa shape index (κ2) is 8.46. The van der Waals surface area contributed by atoms with E-state index in [9.17, 15) is 4.79 Å². The van der Waals surface area contributed by atoms with Crippen LogP contribution in [0.1, 0.15) is 5.56 Å². The number of anilines is 1. The van der Waals surface area contributed by atoms with Crippen LogP contribution in [0.25, 0.3) is 0 Å². The number of nitrogens with one attached hydrogen (secondary N) is 1. The summed E-state index contributed by atoms with van der Waals surface area (Å²) in [6, 6.07) is 13.2. The average Bonchev–Trinajstić information content (AvgIpc) is 2.47. The van der Waals surface area contributed by atoms with Gasteiger partial charge >= 0.3 is 0 Å². The van der Waals surface area contributed by atoms with E-state index in [0.29, 0.717) is 22.2 Å². The first-order valence-corrected chi connectivity index (χ1v) is 8.86. The molecule has 2 aromatic carbocycles. The van der Waals surface area contributed by atoms with Crippen LogP contribution in [0.4, 0.5) is 5.69 Å². The van der Waals surface area contributed by atoms with Gasteiger partial charge in [0.2, 0.25) is 5.91 Å². The molecule has 0 saturated heterocycles. The molecule has 1 N–H and O–H groups in total. The van der Waals surface area contributed by atoms with Crippen molar-refractivity contribution in [3.63, 3.8) is 0 Å². The Labute approximate surface area is 147 Å². The summed E-state index contributed by atoms with van der Waals surface area (Å²) in [5.41, 5.74) is 1.85. The summed E-state index contributed by atoms with van der Waals surface area (Å²) < 4.78 is 6.12. The number of amides is 1. The lowest BCUT2D eigenvalue weighted by Crippen LogP contribution is -2.14. The van der Waals surface area contributed by atoms with Gasteiger partial charge in [-0.1, -0.05) is 39.7 Å². The van der Waals surface area contributed by atoms with E-state index in [2.05, 4.69) is 21.2 Å². The van der Waals surface area contributed by atoms with Crippen molar-refractivity contribution in [3.8, 4) is 5.75 Å². The normalized spacial score (nSPS) is 10.3. The van der Waals surface area contributed by atoms with Crippen LogP contribution in [0.5, 0.6) is 5.75 Å². The van der Waals surface area contributed by atoms with Crippen molar-refractivity contribution in [2.24, 2.45) is 0 Å². The highest BCUT2D eigenvalue weighted by molar-refractivity contribution is 9.10. The Hall–Kier alpha value is -1.17. The molecule has 22 heavy (non-hydrogen) atoms. The topological polar surface area (TPSA) is 38.3 Å². The van der Waals surface area contributed by atoms with Crippen molar-refractivity contribution in [2.75, 3.05) is 18.2 Å². The molecular formula is C16H15BrClNO2S. The van der Waals surface area contributed by atoms with Gasteiger partial charge in [0.05, 0.1) is 17.9 Å². The highest BCUT2D eigenvalue weighted by Crippen LogP contribution is 2.27. The molecule has 0 saturated carbocycles. The van der Waals surface area contributed by atoms with Crippen molar-refractivity contribution in [3.05, 3.63) is 57.5 Å². The zero-order chi connectivity index (χ0) is 15.9. The van der Waals surface area contributed by atoms with E-state index >= 15 is 0 Å². The molecule has 0 aliphatic rings. The summed E-state index contributed by atoms with van der Waals surface area (Å²) in [6.07, 6.45) is 0. The Morgan fingerprint density at radius 1 is 1.32 bits per heavy atom. The fourth-order valence-electron chi connectivity index (χ4n) is 1.83. The fourth-order valence-corrected chi connectivity index (χ4v) is 3.31. The van der Waals surface area contributed by atoms with Crippen molar-refractivity contribution in [1.82, 2.24) is 0 Å². The molecule has 0 aromatic heterocycles. The van der Waals surface area contributed by atoms with Crippen LogP contribution in [0.3, 0.4) is 0 Å². The Morgan fingerprint density at radius 2 is 2.14 bits per heavy atom. The van der Waals surface area contributed by atoms with E-state index in [-0.39, 0.29) is 5.91 Å². The Morgan fingerprint density at radius 3 is 2.82 bits per heavy atom. The molecule has 2 rings (SSSR count). The minimum Gasteiger partial charge on any atom is -0.495 e. The van der Waals surface area contributed by atoms with Crippen molar-refractivity contribution >= 4 is 50.9 Å². The lowest BCUT2D eigenvalue weighted by molar-refractivity contribution is -0.113. The molecule has 0 radical (unpaired) electrons. The zero-order valence-corrected chi connectivity index (χ0v) is 15.1. The number of benzene rings is 2. The fraction of sp³-hybridized carbons (Fsp3) is 0.188. The van der Waals surface area contributed by atoms with Crippen molar-refractivity contribution in [2.45, 2.75) is 5.75 Å². The third kappa shape index (κ3) is 5.23. The molecule has 0 aliphatic heterocycles. The van der Waals surface area contributed by atoms with Crippen molar-refractivity contribution in [1.29, 1.82) is 0 Å². The van der Waals surface area contributed by atoms with Gasteiger partial charge in [-0.3, -0.25) is 4.79 Å². The maximum absolute atomic E-state index is 11.9. The van der Waals surface area contributed by atoms with Crippen LogP contribution in [0.2, 0.25) is 5.02 Å². The second-order valence-electron chi connectivity index (χ2n) is 4.52. The highest BCUT2D eigenvalue weighted by atomic mass is 79.9. The Kier molecular flexibility index (Phi) is 6.61. The first-order chi connectivity index (χ1) is 10.6. The largest absolute Gasteiger partial charge is 0.495 e. The van der Waals surface area contributed by atoms with E-state index < -0.39 is 0 Å². The van der Waals surface area contributed by atoms with Gasteiger partial charge in [0, 0.05) is 15.9 Å². The smallest absolute Gasteiger partial charge is 0.234 e. The van der Waals surface area contributed by atoms with Gasteiger partial charge in [0.1, 0.15) is 5.75 Å². The SMILES string of the molecule is COc1ccc(NC(=O)CSCc2cccc(Br)c2)cc1Cl. The van der Waals surface area contributed by atoms with E-state index in [1.807, 2.05) is 24.3 Å². The van der Waals surface area contributed by atoms with E-state index in [1.165, 1.54) is 5.56 Å². The number of thioether (sulfide) groups is 1. The van der Waals surface area contributed by atoms with Gasteiger partial charge in [0.15, 0.2) is 0 Å². The van der Waals surface area contributed by atoms with Crippen LogP contribution in [-0.2, 0) is 10.5 Å². The summed E-state index contributed by atoms with van der Waals surface area (Å²) in [5, 5.41) is 3.30. The Bertz CT molecular complexity index is 666. The maximum atomic E-state index is 11.9. The van der Waals surface area contributed by atoms with E-state index in [0.717, 1.165) is 10.2 Å². The van der Waals surface area contributed by atoms with Crippen LogP contribution in [0.15, 0.2) is 46.9 Å². The minimum atomic E-state index is -0.0544. The van der Waals surface area contributed by atoms with Gasteiger partial charge in [0.25, 0.3) is 0 Å². The van der Waals surface area contributed by atoms with Crippen LogP contribution < -0.4 is 10.1 Å². The van der Waals surface area contributed by atoms with Crippen molar-refractivity contribution < 1.29 is 9.53 Å². The summed E-state index contributed by atoms with van der Waals surface area (Å²) in [6.45, 7) is 0. The first-order valence-electron chi connectivity index (χ1n) is 6.54. The predicted octanol–water partition coefficient (Wildman–Crippen LogP) is 4.98. The van der Waals surface area contributed by atoms with Crippen LogP contribution in [0, 0.1) is 0 Å². The number of carbonyl (C=O) groups excluding carboxylic acids is 1. The predicted molar refractivity (Wildman–Crippen MR) is 96.9 cm³/mol. The third-order valence-corrected chi connectivity index (χ3v) is 4.62. The van der Waals surface area contributed by atoms with Gasteiger partial charge in [-0.05, 0) is 35.9 Å². The quantitative estimate of drug-likeness (QED) is 0.743. The molecule has 0 aliphatic carbocycles. The molecule has 1 amide bonds. The lowest BCUT2D eigenvalue weighted by atomic mass is 10.2. The summed E-state index contributed by atoms with van der Waals surface area (Å²) in [5.74, 6) is 1.71. The van der Waals surface area contributed by atoms with Gasteiger partial charge in [-0.25, -0.2) is 0 Å². The molecule has 0 fully saturated rings. The van der Waals surface area contributed by atoms with Crippen LogP contribution >= 0.6 is 39.3 Å². The molecule has 0 bridgehead atoms. The summed E-state index contributed by atoms with van der Waals surface area (Å²) >= 11 is 11.0. The third-order valence-electron chi connectivity index (χ3n) is 2.83. The number of hydrogen-bond acceptors (Lipinski definition) is 3. The highest BCUT2D eigenvalue weighted by Gasteiger charge is 2.06. The minimum absolute atomic E-state index is 0.0544. The molecule has 6 heteroatoms. The Balaban J connectivity index is 1.82. The molecule has 3 nitrogen and oxygen atoms in total. The number of methoxy groups -OCH3 is 1. The van der Waals surface area contributed by atoms with E-state index in [1.54, 1.807) is 37.1 Å². The first kappa shape index (κ1) is 17.2. The summed E-state index contributed by atoms with van der Waals surface area (Å²) in [4.78, 5) is 11.9. The molecule has 0 heterocycles. The molecule has 0 unspecified atom stereocenters. The molecule has 0 spiro atoms. The average molecular weight is 401 g/mol. The monoisotopic (exact) mass is 399 g/mol. The van der Waals surface area contributed by atoms with E-state index in [4.69, 9.17) is 16.3 Å².